The molecule has 32 heavy (non-hydrogen) atoms. The summed E-state index contributed by atoms with van der Waals surface area (Å²) in [7, 11) is 0. The third kappa shape index (κ3) is 5.50. The average molecular weight is 446 g/mol. The van der Waals surface area contributed by atoms with E-state index in [1.54, 1.807) is 12.1 Å². The maximum atomic E-state index is 13.2. The third-order valence-electron chi connectivity index (χ3n) is 5.23. The SMILES string of the molecule is Cc1ccc(N(CCc2ccc(C(F)(F)F)nc2)C(=O)C(O)c2ccc(F)cc2)cc1C. The summed E-state index contributed by atoms with van der Waals surface area (Å²) in [6.07, 6.45) is -4.70. The number of anilines is 1. The molecule has 0 bridgehead atoms. The molecule has 0 fully saturated rings. The van der Waals surface area contributed by atoms with E-state index in [0.29, 0.717) is 11.3 Å². The van der Waals surface area contributed by atoms with Crippen molar-refractivity contribution < 1.29 is 27.5 Å². The highest BCUT2D eigenvalue weighted by atomic mass is 19.4. The number of nitrogens with zero attached hydrogens (tertiary/aromatic N) is 2. The monoisotopic (exact) mass is 446 g/mol. The minimum absolute atomic E-state index is 0.104. The van der Waals surface area contributed by atoms with Gasteiger partial charge < -0.3 is 10.0 Å². The number of aliphatic hydroxyl groups excluding tert-OH is 1. The number of halogens is 4. The molecule has 4 nitrogen and oxygen atoms in total. The van der Waals surface area contributed by atoms with Crippen LogP contribution in [0, 0.1) is 19.7 Å². The second-order valence-electron chi connectivity index (χ2n) is 7.51. The van der Waals surface area contributed by atoms with Gasteiger partial charge in [-0.3, -0.25) is 9.78 Å². The molecule has 0 radical (unpaired) electrons. The first-order chi connectivity index (χ1) is 15.1. The fourth-order valence-electron chi connectivity index (χ4n) is 3.18. The summed E-state index contributed by atoms with van der Waals surface area (Å²) in [5.41, 5.74) is 2.26. The Morgan fingerprint density at radius 3 is 2.28 bits per heavy atom. The maximum Gasteiger partial charge on any atom is 0.433 e. The zero-order chi connectivity index (χ0) is 23.5. The molecular formula is C24H22F4N2O2. The van der Waals surface area contributed by atoms with Crippen LogP contribution in [0.5, 0.6) is 0 Å². The topological polar surface area (TPSA) is 53.4 Å². The molecule has 0 aliphatic heterocycles. The Bertz CT molecular complexity index is 1080. The fraction of sp³-hybridized carbons (Fsp3) is 0.250. The minimum atomic E-state index is -4.53. The van der Waals surface area contributed by atoms with Crippen LogP contribution in [0.25, 0.3) is 0 Å². The molecule has 0 aliphatic rings. The van der Waals surface area contributed by atoms with Crippen molar-refractivity contribution in [3.8, 4) is 0 Å². The van der Waals surface area contributed by atoms with Crippen molar-refractivity contribution in [2.75, 3.05) is 11.4 Å². The van der Waals surface area contributed by atoms with Crippen LogP contribution in [-0.2, 0) is 17.4 Å². The number of benzene rings is 2. The molecule has 0 saturated carbocycles. The lowest BCUT2D eigenvalue weighted by Gasteiger charge is -2.26. The second kappa shape index (κ2) is 9.48. The molecule has 3 rings (SSSR count). The van der Waals surface area contributed by atoms with E-state index in [1.807, 2.05) is 19.9 Å². The predicted octanol–water partition coefficient (Wildman–Crippen LogP) is 5.17. The van der Waals surface area contributed by atoms with Crippen LogP contribution in [0.1, 0.15) is 34.1 Å². The van der Waals surface area contributed by atoms with E-state index in [0.717, 1.165) is 35.5 Å². The number of alkyl halides is 3. The number of aromatic nitrogens is 1. The van der Waals surface area contributed by atoms with Gasteiger partial charge in [-0.05, 0) is 72.9 Å². The summed E-state index contributed by atoms with van der Waals surface area (Å²) < 4.78 is 51.4. The van der Waals surface area contributed by atoms with Crippen LogP contribution in [0.15, 0.2) is 60.8 Å². The summed E-state index contributed by atoms with van der Waals surface area (Å²) in [6, 6.07) is 12.6. The molecule has 3 aromatic rings. The van der Waals surface area contributed by atoms with E-state index < -0.39 is 29.7 Å². The van der Waals surface area contributed by atoms with Crippen molar-refractivity contribution >= 4 is 11.6 Å². The minimum Gasteiger partial charge on any atom is -0.378 e. The first kappa shape index (κ1) is 23.4. The maximum absolute atomic E-state index is 13.2. The van der Waals surface area contributed by atoms with Crippen LogP contribution in [0.2, 0.25) is 0 Å². The normalized spacial score (nSPS) is 12.5. The molecule has 0 saturated heterocycles. The number of hydrogen-bond acceptors (Lipinski definition) is 3. The Balaban J connectivity index is 1.86. The summed E-state index contributed by atoms with van der Waals surface area (Å²) in [4.78, 5) is 18.0. The number of carbonyl (C=O) groups excluding carboxylic acids is 1. The molecular weight excluding hydrogens is 424 g/mol. The van der Waals surface area contributed by atoms with Gasteiger partial charge >= 0.3 is 6.18 Å². The second-order valence-corrected chi connectivity index (χ2v) is 7.51. The summed E-state index contributed by atoms with van der Waals surface area (Å²) in [5.74, 6) is -1.12. The molecule has 1 aromatic heterocycles. The van der Waals surface area contributed by atoms with Gasteiger partial charge in [-0.1, -0.05) is 24.3 Å². The predicted molar refractivity (Wildman–Crippen MR) is 113 cm³/mol. The first-order valence-corrected chi connectivity index (χ1v) is 9.90. The number of aliphatic hydroxyl groups is 1. The third-order valence-corrected chi connectivity index (χ3v) is 5.23. The van der Waals surface area contributed by atoms with Gasteiger partial charge in [0, 0.05) is 18.4 Å². The zero-order valence-electron chi connectivity index (χ0n) is 17.5. The van der Waals surface area contributed by atoms with Gasteiger partial charge in [0.1, 0.15) is 11.5 Å². The Morgan fingerprint density at radius 2 is 1.72 bits per heavy atom. The molecule has 0 aliphatic carbocycles. The lowest BCUT2D eigenvalue weighted by atomic mass is 10.1. The lowest BCUT2D eigenvalue weighted by molar-refractivity contribution is -0.141. The van der Waals surface area contributed by atoms with E-state index in [9.17, 15) is 27.5 Å². The van der Waals surface area contributed by atoms with Crippen molar-refractivity contribution in [1.29, 1.82) is 0 Å². The molecule has 168 valence electrons. The Kier molecular flexibility index (Phi) is 6.93. The van der Waals surface area contributed by atoms with Gasteiger partial charge in [-0.25, -0.2) is 4.39 Å². The van der Waals surface area contributed by atoms with Gasteiger partial charge in [0.2, 0.25) is 0 Å². The van der Waals surface area contributed by atoms with Crippen molar-refractivity contribution in [2.45, 2.75) is 32.5 Å². The number of aryl methyl sites for hydroxylation is 2. The van der Waals surface area contributed by atoms with E-state index in [2.05, 4.69) is 4.98 Å². The fourth-order valence-corrected chi connectivity index (χ4v) is 3.18. The van der Waals surface area contributed by atoms with Crippen LogP contribution in [-0.4, -0.2) is 22.5 Å². The lowest BCUT2D eigenvalue weighted by Crippen LogP contribution is -2.37. The number of rotatable bonds is 6. The Hall–Kier alpha value is -3.26. The van der Waals surface area contributed by atoms with Crippen molar-refractivity contribution in [3.05, 3.63) is 94.6 Å². The van der Waals surface area contributed by atoms with Gasteiger partial charge in [0.25, 0.3) is 5.91 Å². The molecule has 8 heteroatoms. The molecule has 0 spiro atoms. The summed E-state index contributed by atoms with van der Waals surface area (Å²) >= 11 is 0. The number of carbonyl (C=O) groups is 1. The van der Waals surface area contributed by atoms with E-state index in [4.69, 9.17) is 0 Å². The van der Waals surface area contributed by atoms with E-state index in [1.165, 1.54) is 23.1 Å². The standard InChI is InChI=1S/C24H22F4N2O2/c1-15-3-9-20(13-16(15)2)30(23(32)22(31)18-5-7-19(25)8-6-18)12-11-17-4-10-21(29-14-17)24(26,27)28/h3-10,13-14,22,31H,11-12H2,1-2H3. The van der Waals surface area contributed by atoms with Crippen LogP contribution in [0.3, 0.4) is 0 Å². The highest BCUT2D eigenvalue weighted by Gasteiger charge is 2.32. The van der Waals surface area contributed by atoms with Gasteiger partial charge in [0.15, 0.2) is 6.10 Å². The Morgan fingerprint density at radius 1 is 1.03 bits per heavy atom. The van der Waals surface area contributed by atoms with Gasteiger partial charge in [0.05, 0.1) is 0 Å². The van der Waals surface area contributed by atoms with Crippen molar-refractivity contribution in [1.82, 2.24) is 4.98 Å². The molecule has 1 amide bonds. The zero-order valence-corrected chi connectivity index (χ0v) is 17.5. The van der Waals surface area contributed by atoms with E-state index in [-0.39, 0.29) is 18.5 Å². The highest BCUT2D eigenvalue weighted by molar-refractivity contribution is 5.97. The van der Waals surface area contributed by atoms with Crippen molar-refractivity contribution in [2.24, 2.45) is 0 Å². The molecule has 2 aromatic carbocycles. The van der Waals surface area contributed by atoms with Crippen LogP contribution < -0.4 is 4.90 Å². The van der Waals surface area contributed by atoms with Crippen LogP contribution >= 0.6 is 0 Å². The number of hydrogen-bond donors (Lipinski definition) is 1. The smallest absolute Gasteiger partial charge is 0.378 e. The van der Waals surface area contributed by atoms with Gasteiger partial charge in [-0.2, -0.15) is 13.2 Å². The van der Waals surface area contributed by atoms with E-state index >= 15 is 0 Å². The molecule has 1 atom stereocenters. The van der Waals surface area contributed by atoms with Crippen molar-refractivity contribution in [3.63, 3.8) is 0 Å². The molecule has 1 unspecified atom stereocenters. The number of amides is 1. The Labute approximate surface area is 183 Å². The average Bonchev–Trinajstić information content (AvgIpc) is 2.76. The molecule has 1 N–H and O–H groups in total. The number of pyridine rings is 1. The first-order valence-electron chi connectivity index (χ1n) is 9.90. The highest BCUT2D eigenvalue weighted by Crippen LogP contribution is 2.28. The summed E-state index contributed by atoms with van der Waals surface area (Å²) in [5, 5.41) is 10.6. The quantitative estimate of drug-likeness (QED) is 0.532. The van der Waals surface area contributed by atoms with Crippen LogP contribution in [0.4, 0.5) is 23.2 Å². The summed E-state index contributed by atoms with van der Waals surface area (Å²) in [6.45, 7) is 3.91. The van der Waals surface area contributed by atoms with Gasteiger partial charge in [-0.15, -0.1) is 0 Å². The largest absolute Gasteiger partial charge is 0.433 e. The molecule has 1 heterocycles.